The Morgan fingerprint density at radius 3 is 2.52 bits per heavy atom. The average molecular weight is 393 g/mol. The Morgan fingerprint density at radius 2 is 1.83 bits per heavy atom. The van der Waals surface area contributed by atoms with Gasteiger partial charge in [-0.25, -0.2) is 4.98 Å². The predicted molar refractivity (Wildman–Crippen MR) is 108 cm³/mol. The van der Waals surface area contributed by atoms with Crippen LogP contribution in [-0.2, 0) is 0 Å². The molecule has 0 saturated carbocycles. The van der Waals surface area contributed by atoms with Crippen LogP contribution in [0.2, 0.25) is 0 Å². The van der Waals surface area contributed by atoms with Gasteiger partial charge >= 0.3 is 0 Å². The van der Waals surface area contributed by atoms with Gasteiger partial charge in [0, 0.05) is 35.6 Å². The second-order valence-electron chi connectivity index (χ2n) is 6.14. The molecule has 9 heteroatoms. The van der Waals surface area contributed by atoms with Crippen LogP contribution in [-0.4, -0.2) is 47.4 Å². The number of aromatic amines is 2. The SMILES string of the molecule is COc1cc(NC(=O)c2c[nH]c(-c3[nH]nc4ncccc34)c2)cc(OC)c1OC. The Hall–Kier alpha value is -4.01. The van der Waals surface area contributed by atoms with E-state index in [2.05, 4.69) is 25.5 Å². The molecule has 0 bridgehead atoms. The summed E-state index contributed by atoms with van der Waals surface area (Å²) in [5, 5.41) is 10.8. The Morgan fingerprint density at radius 1 is 1.07 bits per heavy atom. The number of hydrogen-bond donors (Lipinski definition) is 3. The molecule has 0 fully saturated rings. The molecule has 4 rings (SSSR count). The number of fused-ring (bicyclic) bond motifs is 1. The van der Waals surface area contributed by atoms with Gasteiger partial charge in [-0.05, 0) is 18.2 Å². The largest absolute Gasteiger partial charge is 0.493 e. The zero-order chi connectivity index (χ0) is 20.4. The molecule has 148 valence electrons. The zero-order valence-electron chi connectivity index (χ0n) is 16.1. The first kappa shape index (κ1) is 18.4. The van der Waals surface area contributed by atoms with Crippen molar-refractivity contribution in [2.24, 2.45) is 0 Å². The van der Waals surface area contributed by atoms with Crippen molar-refractivity contribution in [1.29, 1.82) is 0 Å². The second-order valence-corrected chi connectivity index (χ2v) is 6.14. The summed E-state index contributed by atoms with van der Waals surface area (Å²) in [5.74, 6) is 1.07. The third kappa shape index (κ3) is 3.33. The first-order valence-electron chi connectivity index (χ1n) is 8.74. The van der Waals surface area contributed by atoms with Crippen LogP contribution in [0.3, 0.4) is 0 Å². The number of rotatable bonds is 6. The molecule has 1 amide bonds. The quantitative estimate of drug-likeness (QED) is 0.463. The van der Waals surface area contributed by atoms with Crippen LogP contribution in [0.15, 0.2) is 42.7 Å². The minimum Gasteiger partial charge on any atom is -0.493 e. The number of nitrogens with one attached hydrogen (secondary N) is 3. The molecule has 0 aliphatic carbocycles. The van der Waals surface area contributed by atoms with Gasteiger partial charge in [0.05, 0.1) is 38.3 Å². The second kappa shape index (κ2) is 7.55. The van der Waals surface area contributed by atoms with Crippen LogP contribution >= 0.6 is 0 Å². The Kier molecular flexibility index (Phi) is 4.78. The maximum Gasteiger partial charge on any atom is 0.257 e. The van der Waals surface area contributed by atoms with Gasteiger partial charge in [-0.15, -0.1) is 0 Å². The maximum atomic E-state index is 12.7. The van der Waals surface area contributed by atoms with Gasteiger partial charge in [-0.2, -0.15) is 5.10 Å². The van der Waals surface area contributed by atoms with E-state index in [1.807, 2.05) is 12.1 Å². The van der Waals surface area contributed by atoms with E-state index in [4.69, 9.17) is 14.2 Å². The van der Waals surface area contributed by atoms with E-state index in [1.54, 1.807) is 30.6 Å². The van der Waals surface area contributed by atoms with Crippen LogP contribution in [0, 0.1) is 0 Å². The fourth-order valence-corrected chi connectivity index (χ4v) is 3.08. The van der Waals surface area contributed by atoms with Gasteiger partial charge in [0.1, 0.15) is 0 Å². The van der Waals surface area contributed by atoms with Crippen molar-refractivity contribution in [1.82, 2.24) is 20.2 Å². The predicted octanol–water partition coefficient (Wildman–Crippen LogP) is 3.23. The third-order valence-electron chi connectivity index (χ3n) is 4.47. The molecule has 3 aromatic heterocycles. The van der Waals surface area contributed by atoms with Crippen molar-refractivity contribution in [3.63, 3.8) is 0 Å². The van der Waals surface area contributed by atoms with Gasteiger partial charge in [0.15, 0.2) is 17.1 Å². The summed E-state index contributed by atoms with van der Waals surface area (Å²) in [7, 11) is 4.56. The Bertz CT molecular complexity index is 1160. The molecular weight excluding hydrogens is 374 g/mol. The summed E-state index contributed by atoms with van der Waals surface area (Å²) < 4.78 is 15.9. The lowest BCUT2D eigenvalue weighted by Crippen LogP contribution is -2.11. The highest BCUT2D eigenvalue weighted by Crippen LogP contribution is 2.40. The van der Waals surface area contributed by atoms with Gasteiger partial charge in [0.2, 0.25) is 5.75 Å². The van der Waals surface area contributed by atoms with E-state index in [-0.39, 0.29) is 5.91 Å². The van der Waals surface area contributed by atoms with Crippen LogP contribution in [0.4, 0.5) is 5.69 Å². The molecule has 4 aromatic rings. The monoisotopic (exact) mass is 393 g/mol. The molecule has 3 heterocycles. The summed E-state index contributed by atoms with van der Waals surface area (Å²) in [6.45, 7) is 0. The first-order chi connectivity index (χ1) is 14.1. The van der Waals surface area contributed by atoms with Crippen LogP contribution in [0.5, 0.6) is 17.2 Å². The molecule has 29 heavy (non-hydrogen) atoms. The minimum absolute atomic E-state index is 0.288. The number of amides is 1. The van der Waals surface area contributed by atoms with Crippen LogP contribution in [0.1, 0.15) is 10.4 Å². The number of aromatic nitrogens is 4. The fourth-order valence-electron chi connectivity index (χ4n) is 3.08. The Balaban J connectivity index is 1.60. The topological polar surface area (TPSA) is 114 Å². The number of hydrogen-bond acceptors (Lipinski definition) is 6. The molecule has 0 radical (unpaired) electrons. The number of methoxy groups -OCH3 is 3. The van der Waals surface area contributed by atoms with Crippen molar-refractivity contribution in [3.05, 3.63) is 48.3 Å². The molecule has 0 aliphatic heterocycles. The normalized spacial score (nSPS) is 10.7. The lowest BCUT2D eigenvalue weighted by molar-refractivity contribution is 0.102. The zero-order valence-corrected chi connectivity index (χ0v) is 16.1. The number of carbonyl (C=O) groups excluding carboxylic acids is 1. The van der Waals surface area contributed by atoms with Gasteiger partial charge < -0.3 is 24.5 Å². The van der Waals surface area contributed by atoms with Gasteiger partial charge in [0.25, 0.3) is 5.91 Å². The number of ether oxygens (including phenoxy) is 3. The van der Waals surface area contributed by atoms with Gasteiger partial charge in [-0.3, -0.25) is 9.89 Å². The van der Waals surface area contributed by atoms with E-state index >= 15 is 0 Å². The average Bonchev–Trinajstić information content (AvgIpc) is 3.40. The Labute approximate surface area is 166 Å². The van der Waals surface area contributed by atoms with E-state index in [1.165, 1.54) is 21.3 Å². The molecule has 0 saturated heterocycles. The number of carbonyl (C=O) groups is 1. The van der Waals surface area contributed by atoms with Crippen molar-refractivity contribution in [2.75, 3.05) is 26.6 Å². The lowest BCUT2D eigenvalue weighted by atomic mass is 10.2. The minimum atomic E-state index is -0.288. The van der Waals surface area contributed by atoms with Crippen molar-refractivity contribution in [2.45, 2.75) is 0 Å². The summed E-state index contributed by atoms with van der Waals surface area (Å²) >= 11 is 0. The number of nitrogens with zero attached hydrogens (tertiary/aromatic N) is 2. The summed E-state index contributed by atoms with van der Waals surface area (Å²) in [5.41, 5.74) is 3.08. The van der Waals surface area contributed by atoms with E-state index in [9.17, 15) is 4.79 Å². The standard InChI is InChI=1S/C20H19N5O4/c1-27-15-8-12(9-16(28-2)18(15)29-3)23-20(26)11-7-14(22-10-11)17-13-5-4-6-21-19(13)25-24-17/h4-10,22H,1-3H3,(H,23,26)(H,21,24,25). The van der Waals surface area contributed by atoms with Crippen molar-refractivity contribution >= 4 is 22.6 Å². The molecular formula is C20H19N5O4. The molecule has 0 spiro atoms. The first-order valence-corrected chi connectivity index (χ1v) is 8.74. The fraction of sp³-hybridized carbons (Fsp3) is 0.150. The smallest absolute Gasteiger partial charge is 0.257 e. The maximum absolute atomic E-state index is 12.7. The summed E-state index contributed by atoms with van der Waals surface area (Å²) in [6.07, 6.45) is 3.31. The van der Waals surface area contributed by atoms with Crippen molar-refractivity contribution in [3.8, 4) is 28.6 Å². The highest BCUT2D eigenvalue weighted by atomic mass is 16.5. The highest BCUT2D eigenvalue weighted by Gasteiger charge is 2.17. The third-order valence-corrected chi connectivity index (χ3v) is 4.47. The number of benzene rings is 1. The van der Waals surface area contributed by atoms with E-state index in [0.29, 0.717) is 34.1 Å². The molecule has 0 aliphatic rings. The number of anilines is 1. The van der Waals surface area contributed by atoms with Crippen LogP contribution < -0.4 is 19.5 Å². The molecule has 0 unspecified atom stereocenters. The molecule has 3 N–H and O–H groups in total. The number of H-pyrrole nitrogens is 2. The highest BCUT2D eigenvalue weighted by molar-refractivity contribution is 6.05. The van der Waals surface area contributed by atoms with Crippen molar-refractivity contribution < 1.29 is 19.0 Å². The van der Waals surface area contributed by atoms with E-state index < -0.39 is 0 Å². The summed E-state index contributed by atoms with van der Waals surface area (Å²) in [4.78, 5) is 20.0. The van der Waals surface area contributed by atoms with Crippen LogP contribution in [0.25, 0.3) is 22.4 Å². The molecule has 0 atom stereocenters. The number of pyridine rings is 1. The van der Waals surface area contributed by atoms with Gasteiger partial charge in [-0.1, -0.05) is 0 Å². The molecule has 9 nitrogen and oxygen atoms in total. The lowest BCUT2D eigenvalue weighted by Gasteiger charge is -2.14. The van der Waals surface area contributed by atoms with E-state index in [0.717, 1.165) is 16.8 Å². The molecule has 1 aromatic carbocycles. The summed E-state index contributed by atoms with van der Waals surface area (Å²) in [6, 6.07) is 8.83.